The third-order valence-corrected chi connectivity index (χ3v) is 2.98. The van der Waals surface area contributed by atoms with Gasteiger partial charge in [0.2, 0.25) is 0 Å². The van der Waals surface area contributed by atoms with Crippen LogP contribution in [0.2, 0.25) is 0 Å². The lowest BCUT2D eigenvalue weighted by Crippen LogP contribution is -2.21. The molecule has 0 aliphatic rings. The van der Waals surface area contributed by atoms with Crippen molar-refractivity contribution in [3.8, 4) is 5.75 Å². The number of anilines is 1. The molecule has 0 saturated heterocycles. The van der Waals surface area contributed by atoms with Crippen LogP contribution in [-0.4, -0.2) is 17.5 Å². The van der Waals surface area contributed by atoms with E-state index in [2.05, 4.69) is 17.2 Å². The number of carbonyl (C=O) groups excluding carboxylic acids is 1. The van der Waals surface area contributed by atoms with E-state index in [0.29, 0.717) is 18.1 Å². The Morgan fingerprint density at radius 2 is 2.00 bits per heavy atom. The highest BCUT2D eigenvalue weighted by atomic mass is 16.5. The molecule has 0 fully saturated rings. The van der Waals surface area contributed by atoms with Crippen molar-refractivity contribution in [2.45, 2.75) is 19.9 Å². The molecule has 21 heavy (non-hydrogen) atoms. The molecule has 110 valence electrons. The summed E-state index contributed by atoms with van der Waals surface area (Å²) in [4.78, 5) is 16.0. The van der Waals surface area contributed by atoms with Crippen molar-refractivity contribution in [2.75, 3.05) is 11.9 Å². The number of hydrogen-bond acceptors (Lipinski definition) is 4. The number of rotatable bonds is 6. The fraction of sp³-hybridized carbons (Fsp3) is 0.250. The van der Waals surface area contributed by atoms with Gasteiger partial charge in [0.15, 0.2) is 6.61 Å². The molecule has 5 nitrogen and oxygen atoms in total. The number of nitrogens with one attached hydrogen (secondary N) is 1. The maximum absolute atomic E-state index is 11.8. The molecule has 1 aromatic heterocycles. The average Bonchev–Trinajstić information content (AvgIpc) is 2.53. The number of nitrogens with zero attached hydrogens (tertiary/aromatic N) is 1. The number of pyridine rings is 1. The number of amides is 1. The fourth-order valence-corrected chi connectivity index (χ4v) is 1.81. The maximum Gasteiger partial charge on any atom is 0.263 e. The first-order valence-corrected chi connectivity index (χ1v) is 6.89. The summed E-state index contributed by atoms with van der Waals surface area (Å²) in [6.45, 7) is 2.37. The zero-order valence-electron chi connectivity index (χ0n) is 12.0. The van der Waals surface area contributed by atoms with E-state index >= 15 is 0 Å². The molecule has 0 unspecified atom stereocenters. The zero-order chi connectivity index (χ0) is 15.1. The summed E-state index contributed by atoms with van der Waals surface area (Å²) < 4.78 is 5.43. The van der Waals surface area contributed by atoms with E-state index in [1.165, 1.54) is 5.56 Å². The van der Waals surface area contributed by atoms with E-state index < -0.39 is 0 Å². The standard InChI is InChI=1S/C16H19N3O2/c1-2-12-6-8-14(9-7-12)21-11-16(20)19-15-5-3-4-13(10-17)18-15/h3-9H,2,10-11,17H2,1H3,(H,18,19,20). The van der Waals surface area contributed by atoms with Crippen molar-refractivity contribution in [1.82, 2.24) is 4.98 Å². The SMILES string of the molecule is CCc1ccc(OCC(=O)Nc2cccc(CN)n2)cc1. The van der Waals surface area contributed by atoms with Gasteiger partial charge in [0.25, 0.3) is 5.91 Å². The number of nitrogens with two attached hydrogens (primary N) is 1. The van der Waals surface area contributed by atoms with Crippen LogP contribution in [0.1, 0.15) is 18.2 Å². The maximum atomic E-state index is 11.8. The Morgan fingerprint density at radius 1 is 1.24 bits per heavy atom. The molecule has 1 aromatic carbocycles. The Morgan fingerprint density at radius 3 is 2.67 bits per heavy atom. The normalized spacial score (nSPS) is 10.2. The predicted molar refractivity (Wildman–Crippen MR) is 82.1 cm³/mol. The summed E-state index contributed by atoms with van der Waals surface area (Å²) in [6, 6.07) is 13.0. The number of ether oxygens (including phenoxy) is 1. The Hall–Kier alpha value is -2.40. The lowest BCUT2D eigenvalue weighted by molar-refractivity contribution is -0.118. The molecule has 0 atom stereocenters. The average molecular weight is 285 g/mol. The molecule has 0 bridgehead atoms. The molecule has 0 aliphatic heterocycles. The summed E-state index contributed by atoms with van der Waals surface area (Å²) in [5, 5.41) is 2.68. The smallest absolute Gasteiger partial charge is 0.263 e. The first kappa shape index (κ1) is 15.0. The minimum absolute atomic E-state index is 0.0556. The molecule has 0 aliphatic carbocycles. The van der Waals surface area contributed by atoms with Crippen LogP contribution < -0.4 is 15.8 Å². The molecule has 0 radical (unpaired) electrons. The van der Waals surface area contributed by atoms with E-state index in [1.807, 2.05) is 24.3 Å². The van der Waals surface area contributed by atoms with Crippen LogP contribution in [0.4, 0.5) is 5.82 Å². The van der Waals surface area contributed by atoms with Gasteiger partial charge in [0.1, 0.15) is 11.6 Å². The second-order valence-corrected chi connectivity index (χ2v) is 4.55. The van der Waals surface area contributed by atoms with Crippen LogP contribution >= 0.6 is 0 Å². The lowest BCUT2D eigenvalue weighted by atomic mass is 10.2. The van der Waals surface area contributed by atoms with E-state index in [-0.39, 0.29) is 12.5 Å². The first-order chi connectivity index (χ1) is 10.2. The van der Waals surface area contributed by atoms with Crippen LogP contribution in [0.5, 0.6) is 5.75 Å². The summed E-state index contributed by atoms with van der Waals surface area (Å²) in [6.07, 6.45) is 0.976. The van der Waals surface area contributed by atoms with Gasteiger partial charge >= 0.3 is 0 Å². The summed E-state index contributed by atoms with van der Waals surface area (Å²) in [5.74, 6) is 0.898. The molecule has 0 saturated carbocycles. The number of hydrogen-bond donors (Lipinski definition) is 2. The Bertz CT molecular complexity index is 597. The van der Waals surface area contributed by atoms with E-state index in [0.717, 1.165) is 12.1 Å². The number of benzene rings is 1. The fourth-order valence-electron chi connectivity index (χ4n) is 1.81. The minimum atomic E-state index is -0.253. The second-order valence-electron chi connectivity index (χ2n) is 4.55. The van der Waals surface area contributed by atoms with Gasteiger partial charge in [-0.2, -0.15) is 0 Å². The van der Waals surface area contributed by atoms with E-state index in [1.54, 1.807) is 18.2 Å². The Kier molecular flexibility index (Phi) is 5.29. The van der Waals surface area contributed by atoms with Crippen LogP contribution in [0.3, 0.4) is 0 Å². The number of aryl methyl sites for hydroxylation is 1. The van der Waals surface area contributed by atoms with Crippen molar-refractivity contribution in [3.63, 3.8) is 0 Å². The molecule has 0 spiro atoms. The molecule has 1 heterocycles. The van der Waals surface area contributed by atoms with Gasteiger partial charge in [0.05, 0.1) is 5.69 Å². The molecule has 2 rings (SSSR count). The van der Waals surface area contributed by atoms with Crippen molar-refractivity contribution in [3.05, 3.63) is 53.7 Å². The highest BCUT2D eigenvalue weighted by Gasteiger charge is 2.05. The zero-order valence-corrected chi connectivity index (χ0v) is 12.0. The summed E-state index contributed by atoms with van der Waals surface area (Å²) >= 11 is 0. The van der Waals surface area contributed by atoms with E-state index in [4.69, 9.17) is 10.5 Å². The van der Waals surface area contributed by atoms with Crippen LogP contribution in [0.15, 0.2) is 42.5 Å². The van der Waals surface area contributed by atoms with Gasteiger partial charge in [0, 0.05) is 6.54 Å². The third kappa shape index (κ3) is 4.57. The largest absolute Gasteiger partial charge is 0.484 e. The molecule has 3 N–H and O–H groups in total. The van der Waals surface area contributed by atoms with Gasteiger partial charge in [-0.3, -0.25) is 4.79 Å². The van der Waals surface area contributed by atoms with Crippen molar-refractivity contribution in [1.29, 1.82) is 0 Å². The highest BCUT2D eigenvalue weighted by Crippen LogP contribution is 2.12. The Labute approximate surface area is 124 Å². The number of carbonyl (C=O) groups is 1. The Balaban J connectivity index is 1.86. The van der Waals surface area contributed by atoms with Crippen molar-refractivity contribution >= 4 is 11.7 Å². The molecule has 5 heteroatoms. The van der Waals surface area contributed by atoms with Gasteiger partial charge in [-0.25, -0.2) is 4.98 Å². The molecule has 1 amide bonds. The van der Waals surface area contributed by atoms with Crippen LogP contribution in [0.25, 0.3) is 0 Å². The summed E-state index contributed by atoms with van der Waals surface area (Å²) in [5.41, 5.74) is 7.46. The predicted octanol–water partition coefficient (Wildman–Crippen LogP) is 2.12. The lowest BCUT2D eigenvalue weighted by Gasteiger charge is -2.08. The second kappa shape index (κ2) is 7.40. The third-order valence-electron chi connectivity index (χ3n) is 2.98. The topological polar surface area (TPSA) is 77.2 Å². The van der Waals surface area contributed by atoms with Gasteiger partial charge < -0.3 is 15.8 Å². The van der Waals surface area contributed by atoms with E-state index in [9.17, 15) is 4.79 Å². The van der Waals surface area contributed by atoms with Gasteiger partial charge in [-0.05, 0) is 36.2 Å². The van der Waals surface area contributed by atoms with Crippen LogP contribution in [0, 0.1) is 0 Å². The highest BCUT2D eigenvalue weighted by molar-refractivity contribution is 5.90. The quantitative estimate of drug-likeness (QED) is 0.852. The molecular weight excluding hydrogens is 266 g/mol. The van der Waals surface area contributed by atoms with Gasteiger partial charge in [-0.15, -0.1) is 0 Å². The summed E-state index contributed by atoms with van der Waals surface area (Å²) in [7, 11) is 0. The monoisotopic (exact) mass is 285 g/mol. The molecular formula is C16H19N3O2. The number of aromatic nitrogens is 1. The van der Waals surface area contributed by atoms with Gasteiger partial charge in [-0.1, -0.05) is 25.1 Å². The van der Waals surface area contributed by atoms with Crippen molar-refractivity contribution in [2.24, 2.45) is 5.73 Å². The molecule has 2 aromatic rings. The first-order valence-electron chi connectivity index (χ1n) is 6.89. The minimum Gasteiger partial charge on any atom is -0.484 e. The van der Waals surface area contributed by atoms with Crippen molar-refractivity contribution < 1.29 is 9.53 Å². The van der Waals surface area contributed by atoms with Crippen LogP contribution in [-0.2, 0) is 17.8 Å².